The van der Waals surface area contributed by atoms with Gasteiger partial charge in [0.25, 0.3) is 0 Å². The molecule has 12 heteroatoms. The molecule has 2 aliphatic rings. The third-order valence-corrected chi connectivity index (χ3v) is 8.29. The maximum absolute atomic E-state index is 13.4. The number of piperidine rings is 1. The van der Waals surface area contributed by atoms with E-state index in [2.05, 4.69) is 27.5 Å². The number of rotatable bonds is 6. The van der Waals surface area contributed by atoms with Gasteiger partial charge in [0.2, 0.25) is 0 Å². The van der Waals surface area contributed by atoms with Gasteiger partial charge in [-0.3, -0.25) is 4.98 Å². The highest BCUT2D eigenvalue weighted by Crippen LogP contribution is 2.50. The van der Waals surface area contributed by atoms with Crippen LogP contribution in [-0.2, 0) is 12.4 Å². The maximum Gasteiger partial charge on any atom is 0.416 e. The zero-order valence-corrected chi connectivity index (χ0v) is 22.8. The van der Waals surface area contributed by atoms with Crippen molar-refractivity contribution in [2.24, 2.45) is 17.8 Å². The van der Waals surface area contributed by atoms with E-state index in [4.69, 9.17) is 17.0 Å². The van der Waals surface area contributed by atoms with E-state index in [0.717, 1.165) is 30.3 Å². The second-order valence-electron chi connectivity index (χ2n) is 10.4. The molecule has 5 atom stereocenters. The summed E-state index contributed by atoms with van der Waals surface area (Å²) in [5.41, 5.74) is -1.76. The number of anilines is 1. The van der Waals surface area contributed by atoms with Gasteiger partial charge in [-0.15, -0.1) is 6.58 Å². The van der Waals surface area contributed by atoms with Crippen molar-refractivity contribution in [3.63, 3.8) is 0 Å². The number of pyridine rings is 1. The molecule has 1 saturated heterocycles. The van der Waals surface area contributed by atoms with E-state index in [-0.39, 0.29) is 23.1 Å². The predicted molar refractivity (Wildman–Crippen MR) is 149 cm³/mol. The van der Waals surface area contributed by atoms with Crippen molar-refractivity contribution < 1.29 is 31.1 Å². The largest absolute Gasteiger partial charge is 0.497 e. The summed E-state index contributed by atoms with van der Waals surface area (Å²) >= 11 is 5.49. The summed E-state index contributed by atoms with van der Waals surface area (Å²) in [4.78, 5) is 4.45. The molecule has 0 amide bonds. The van der Waals surface area contributed by atoms with E-state index in [1.807, 2.05) is 24.3 Å². The molecule has 218 valence electrons. The number of thiocarbonyl (C=S) groups is 1. The fourth-order valence-corrected chi connectivity index (χ4v) is 6.32. The number of halogens is 6. The molecular formula is C29H28F6N4OS. The molecule has 3 aromatic rings. The third kappa shape index (κ3) is 5.99. The minimum Gasteiger partial charge on any atom is -0.497 e. The Balaban J connectivity index is 1.51. The SMILES string of the molecule is C=CC1CC2C1CCNC2C(NC(=S)Nc1cc(C(F)(F)F)cc(C(F)(F)F)c1)c1ccnc2ccc(OC)cc12. The first-order valence-corrected chi connectivity index (χ1v) is 13.5. The minimum atomic E-state index is -4.97. The van der Waals surface area contributed by atoms with Crippen LogP contribution in [0.15, 0.2) is 61.3 Å². The lowest BCUT2D eigenvalue weighted by Gasteiger charge is -2.53. The zero-order chi connectivity index (χ0) is 29.5. The first kappa shape index (κ1) is 29.1. The van der Waals surface area contributed by atoms with Gasteiger partial charge in [0, 0.05) is 23.3 Å². The molecule has 1 aromatic heterocycles. The number of hydrogen-bond acceptors (Lipinski definition) is 4. The number of aromatic nitrogens is 1. The zero-order valence-electron chi connectivity index (χ0n) is 21.9. The Morgan fingerprint density at radius 2 is 1.78 bits per heavy atom. The number of alkyl halides is 6. The van der Waals surface area contributed by atoms with Crippen molar-refractivity contribution in [3.05, 3.63) is 78.0 Å². The molecule has 0 radical (unpaired) electrons. The molecule has 0 spiro atoms. The lowest BCUT2D eigenvalue weighted by atomic mass is 9.57. The summed E-state index contributed by atoms with van der Waals surface area (Å²) in [5, 5.41) is 10.0. The van der Waals surface area contributed by atoms with Gasteiger partial charge in [0.15, 0.2) is 5.11 Å². The van der Waals surface area contributed by atoms with Gasteiger partial charge in [-0.25, -0.2) is 0 Å². The Labute approximate surface area is 238 Å². The van der Waals surface area contributed by atoms with Gasteiger partial charge >= 0.3 is 12.4 Å². The number of fused-ring (bicyclic) bond motifs is 2. The summed E-state index contributed by atoms with van der Waals surface area (Å²) in [5.74, 6) is 1.66. The number of methoxy groups -OCH3 is 1. The Morgan fingerprint density at radius 3 is 2.41 bits per heavy atom. The lowest BCUT2D eigenvalue weighted by molar-refractivity contribution is -0.143. The average molecular weight is 595 g/mol. The normalized spacial score (nSPS) is 23.2. The average Bonchev–Trinajstić information content (AvgIpc) is 2.91. The van der Waals surface area contributed by atoms with Crippen molar-refractivity contribution in [1.29, 1.82) is 0 Å². The van der Waals surface area contributed by atoms with Crippen molar-refractivity contribution in [2.45, 2.75) is 37.3 Å². The van der Waals surface area contributed by atoms with Gasteiger partial charge in [-0.1, -0.05) is 6.08 Å². The second-order valence-corrected chi connectivity index (χ2v) is 10.8. The molecule has 2 heterocycles. The number of benzene rings is 2. The second kappa shape index (κ2) is 11.1. The van der Waals surface area contributed by atoms with Gasteiger partial charge in [0.05, 0.1) is 29.8 Å². The topological polar surface area (TPSA) is 58.2 Å². The first-order valence-electron chi connectivity index (χ1n) is 13.0. The molecule has 41 heavy (non-hydrogen) atoms. The summed E-state index contributed by atoms with van der Waals surface area (Å²) in [6.07, 6.45) is -4.45. The molecule has 5 rings (SSSR count). The Bertz CT molecular complexity index is 1430. The Hall–Kier alpha value is -3.38. The van der Waals surface area contributed by atoms with Crippen molar-refractivity contribution in [3.8, 4) is 5.75 Å². The molecular weight excluding hydrogens is 566 g/mol. The number of ether oxygens (including phenoxy) is 1. The van der Waals surface area contributed by atoms with Crippen LogP contribution in [0, 0.1) is 17.8 Å². The van der Waals surface area contributed by atoms with E-state index in [9.17, 15) is 26.3 Å². The van der Waals surface area contributed by atoms with E-state index in [0.29, 0.717) is 35.2 Å². The minimum absolute atomic E-state index is 0.0830. The molecule has 5 nitrogen and oxygen atoms in total. The fraction of sp³-hybridized carbons (Fsp3) is 0.379. The monoisotopic (exact) mass is 594 g/mol. The summed E-state index contributed by atoms with van der Waals surface area (Å²) in [6.45, 7) is 4.70. The Kier molecular flexibility index (Phi) is 7.90. The Morgan fingerprint density at radius 1 is 1.07 bits per heavy atom. The van der Waals surface area contributed by atoms with Crippen molar-refractivity contribution in [2.75, 3.05) is 19.0 Å². The highest BCUT2D eigenvalue weighted by Gasteiger charge is 2.48. The maximum atomic E-state index is 13.4. The smallest absolute Gasteiger partial charge is 0.416 e. The highest BCUT2D eigenvalue weighted by molar-refractivity contribution is 7.80. The van der Waals surface area contributed by atoms with E-state index in [1.54, 1.807) is 19.4 Å². The molecule has 1 saturated carbocycles. The summed E-state index contributed by atoms with van der Waals surface area (Å²) in [6, 6.07) is 7.98. The van der Waals surface area contributed by atoms with Crippen LogP contribution in [0.2, 0.25) is 0 Å². The summed E-state index contributed by atoms with van der Waals surface area (Å²) < 4.78 is 86.0. The van der Waals surface area contributed by atoms with Crippen LogP contribution in [0.3, 0.4) is 0 Å². The molecule has 2 fully saturated rings. The predicted octanol–water partition coefficient (Wildman–Crippen LogP) is 7.11. The van der Waals surface area contributed by atoms with E-state index < -0.39 is 35.2 Å². The highest BCUT2D eigenvalue weighted by atomic mass is 32.1. The molecule has 1 aliphatic heterocycles. The lowest BCUT2D eigenvalue weighted by Crippen LogP contribution is -2.59. The van der Waals surface area contributed by atoms with Gasteiger partial charge in [0.1, 0.15) is 5.75 Å². The van der Waals surface area contributed by atoms with Crippen LogP contribution in [0.25, 0.3) is 10.9 Å². The number of hydrogen-bond donors (Lipinski definition) is 3. The van der Waals surface area contributed by atoms with Crippen molar-refractivity contribution in [1.82, 2.24) is 15.6 Å². The van der Waals surface area contributed by atoms with Crippen LogP contribution in [0.5, 0.6) is 5.75 Å². The number of nitrogens with one attached hydrogen (secondary N) is 3. The molecule has 3 N–H and O–H groups in total. The van der Waals surface area contributed by atoms with Gasteiger partial charge < -0.3 is 20.7 Å². The molecule has 0 bridgehead atoms. The van der Waals surface area contributed by atoms with E-state index >= 15 is 0 Å². The number of nitrogens with zero attached hydrogens (tertiary/aromatic N) is 1. The number of allylic oxidation sites excluding steroid dienone is 1. The van der Waals surface area contributed by atoms with Gasteiger partial charge in [-0.05, 0) is 97.4 Å². The third-order valence-electron chi connectivity index (χ3n) is 8.07. The fourth-order valence-electron chi connectivity index (χ4n) is 6.07. The van der Waals surface area contributed by atoms with Crippen LogP contribution in [-0.4, -0.2) is 29.8 Å². The van der Waals surface area contributed by atoms with Crippen LogP contribution < -0.4 is 20.7 Å². The standard InChI is InChI=1S/C29H28F6N4OS/c1-3-15-10-23-20(15)6-9-37-25(23)26(21-7-8-36-24-5-4-19(40-2)14-22(21)24)39-27(41)38-18-12-16(28(30,31)32)11-17(13-18)29(33,34)35/h3-5,7-8,11-15,20,23,25-26,37H,1,6,9-10H2,2H3,(H2,38,39,41). The van der Waals surface area contributed by atoms with Crippen LogP contribution >= 0.6 is 12.2 Å². The quantitative estimate of drug-likeness (QED) is 0.161. The first-order chi connectivity index (χ1) is 19.4. The molecule has 2 aromatic carbocycles. The van der Waals surface area contributed by atoms with Crippen molar-refractivity contribution >= 4 is 33.9 Å². The van der Waals surface area contributed by atoms with Crippen LogP contribution in [0.4, 0.5) is 32.0 Å². The molecule has 5 unspecified atom stereocenters. The van der Waals surface area contributed by atoms with E-state index in [1.165, 1.54) is 0 Å². The van der Waals surface area contributed by atoms with Gasteiger partial charge in [-0.2, -0.15) is 26.3 Å². The summed E-state index contributed by atoms with van der Waals surface area (Å²) in [7, 11) is 1.55. The molecule has 1 aliphatic carbocycles. The van der Waals surface area contributed by atoms with Crippen LogP contribution in [0.1, 0.15) is 35.6 Å².